The van der Waals surface area contributed by atoms with Crippen LogP contribution in [0.3, 0.4) is 0 Å². The summed E-state index contributed by atoms with van der Waals surface area (Å²) in [7, 11) is 0. The van der Waals surface area contributed by atoms with Gasteiger partial charge in [-0.3, -0.25) is 0 Å². The van der Waals surface area contributed by atoms with Crippen molar-refractivity contribution in [3.05, 3.63) is 139 Å². The Hall–Kier alpha value is -4.82. The zero-order valence-corrected chi connectivity index (χ0v) is 21.9. The van der Waals surface area contributed by atoms with Gasteiger partial charge in [-0.1, -0.05) is 91.9 Å². The molecule has 186 valence electrons. The lowest BCUT2D eigenvalue weighted by molar-refractivity contribution is 0.773. The molecule has 1 aliphatic rings. The van der Waals surface area contributed by atoms with Gasteiger partial charge in [0.2, 0.25) is 0 Å². The number of rotatable bonds is 3. The summed E-state index contributed by atoms with van der Waals surface area (Å²) in [5, 5.41) is 3.95. The van der Waals surface area contributed by atoms with Gasteiger partial charge in [0, 0.05) is 33.2 Å². The molecule has 7 aromatic rings. The fourth-order valence-corrected chi connectivity index (χ4v) is 6.55. The van der Waals surface area contributed by atoms with Crippen LogP contribution in [0.4, 0.5) is 0 Å². The van der Waals surface area contributed by atoms with E-state index in [9.17, 15) is 0 Å². The van der Waals surface area contributed by atoms with Gasteiger partial charge in [0.15, 0.2) is 0 Å². The van der Waals surface area contributed by atoms with Gasteiger partial charge < -0.3 is 9.13 Å². The van der Waals surface area contributed by atoms with Gasteiger partial charge in [-0.15, -0.1) is 0 Å². The van der Waals surface area contributed by atoms with E-state index in [0.717, 1.165) is 6.42 Å². The second-order valence-electron chi connectivity index (χ2n) is 10.7. The van der Waals surface area contributed by atoms with E-state index in [1.54, 1.807) is 0 Å². The molecule has 0 amide bonds. The van der Waals surface area contributed by atoms with Crippen LogP contribution in [0.2, 0.25) is 0 Å². The van der Waals surface area contributed by atoms with Gasteiger partial charge in [0.05, 0.1) is 16.6 Å². The third-order valence-electron chi connectivity index (χ3n) is 8.37. The summed E-state index contributed by atoms with van der Waals surface area (Å²) in [6.07, 6.45) is 5.72. The maximum absolute atomic E-state index is 2.42. The normalized spacial score (nSPS) is 14.8. The Morgan fingerprint density at radius 2 is 0.974 bits per heavy atom. The minimum atomic E-state index is 0.531. The zero-order chi connectivity index (χ0) is 25.9. The van der Waals surface area contributed by atoms with Crippen LogP contribution in [0.25, 0.3) is 61.3 Å². The highest BCUT2D eigenvalue weighted by atomic mass is 15.0. The van der Waals surface area contributed by atoms with Crippen LogP contribution in [0.1, 0.15) is 30.5 Å². The van der Waals surface area contributed by atoms with Gasteiger partial charge in [0.25, 0.3) is 0 Å². The molecule has 0 bridgehead atoms. The molecular weight excluding hydrogens is 472 g/mol. The van der Waals surface area contributed by atoms with Crippen molar-refractivity contribution >= 4 is 38.8 Å². The number of benzene rings is 5. The second kappa shape index (κ2) is 8.61. The molecule has 0 spiro atoms. The molecule has 8 rings (SSSR count). The maximum Gasteiger partial charge on any atom is 0.0541 e. The Labute approximate surface area is 228 Å². The van der Waals surface area contributed by atoms with E-state index >= 15 is 0 Å². The number of para-hydroxylation sites is 3. The number of fused-ring (bicyclic) bond motifs is 6. The van der Waals surface area contributed by atoms with Crippen molar-refractivity contribution in [1.82, 2.24) is 9.13 Å². The Balaban J connectivity index is 1.19. The summed E-state index contributed by atoms with van der Waals surface area (Å²) < 4.78 is 4.79. The molecule has 1 unspecified atom stereocenters. The summed E-state index contributed by atoms with van der Waals surface area (Å²) in [6, 6.07) is 44.1. The number of aromatic nitrogens is 2. The first kappa shape index (κ1) is 22.2. The van der Waals surface area contributed by atoms with Gasteiger partial charge >= 0.3 is 0 Å². The van der Waals surface area contributed by atoms with E-state index in [2.05, 4.69) is 150 Å². The highest BCUT2D eigenvalue weighted by molar-refractivity contribution is 6.09. The number of hydrogen-bond donors (Lipinski definition) is 0. The molecule has 0 fully saturated rings. The lowest BCUT2D eigenvalue weighted by atomic mass is 9.91. The molecule has 0 saturated heterocycles. The fourth-order valence-electron chi connectivity index (χ4n) is 6.55. The molecule has 2 aromatic heterocycles. The van der Waals surface area contributed by atoms with Crippen molar-refractivity contribution in [2.75, 3.05) is 0 Å². The molecule has 0 aliphatic heterocycles. The summed E-state index contributed by atoms with van der Waals surface area (Å²) >= 11 is 0. The average molecular weight is 501 g/mol. The molecule has 2 nitrogen and oxygen atoms in total. The number of hydrogen-bond acceptors (Lipinski definition) is 0. The highest BCUT2D eigenvalue weighted by Crippen LogP contribution is 2.40. The van der Waals surface area contributed by atoms with Crippen LogP contribution in [0.5, 0.6) is 0 Å². The van der Waals surface area contributed by atoms with Crippen LogP contribution in [0, 0.1) is 0 Å². The first-order valence-corrected chi connectivity index (χ1v) is 13.8. The first-order chi connectivity index (χ1) is 19.3. The Bertz CT molecular complexity index is 1980. The first-order valence-electron chi connectivity index (χ1n) is 13.8. The molecule has 0 N–H and O–H groups in total. The predicted molar refractivity (Wildman–Crippen MR) is 165 cm³/mol. The summed E-state index contributed by atoms with van der Waals surface area (Å²) in [6.45, 7) is 2.34. The van der Waals surface area contributed by atoms with Crippen molar-refractivity contribution < 1.29 is 0 Å². The van der Waals surface area contributed by atoms with E-state index < -0.39 is 0 Å². The molecule has 0 saturated carbocycles. The zero-order valence-electron chi connectivity index (χ0n) is 21.9. The molecular formula is C37H28N2. The average Bonchev–Trinajstić information content (AvgIpc) is 3.51. The van der Waals surface area contributed by atoms with E-state index in [-0.39, 0.29) is 0 Å². The lowest BCUT2D eigenvalue weighted by Crippen LogP contribution is -2.02. The van der Waals surface area contributed by atoms with Crippen LogP contribution in [-0.2, 0) is 0 Å². The number of nitrogens with zero attached hydrogens (tertiary/aromatic N) is 2. The van der Waals surface area contributed by atoms with Gasteiger partial charge in [-0.2, -0.15) is 0 Å². The molecule has 1 atom stereocenters. The molecule has 0 radical (unpaired) electrons. The van der Waals surface area contributed by atoms with E-state index in [0.29, 0.717) is 5.92 Å². The monoisotopic (exact) mass is 500 g/mol. The maximum atomic E-state index is 2.42. The molecule has 2 heterocycles. The Morgan fingerprint density at radius 1 is 0.513 bits per heavy atom. The Morgan fingerprint density at radius 3 is 1.54 bits per heavy atom. The topological polar surface area (TPSA) is 9.86 Å². The summed E-state index contributed by atoms with van der Waals surface area (Å²) in [5.74, 6) is 0.531. The van der Waals surface area contributed by atoms with Crippen molar-refractivity contribution in [1.29, 1.82) is 0 Å². The molecule has 5 aromatic carbocycles. The SMILES string of the molecule is CC1CC=Cc2c1c1ccccc1n2-c1ccc(-c2ccc(-n3c4ccccc4c4ccccc43)cc2)cc1. The summed E-state index contributed by atoms with van der Waals surface area (Å²) in [4.78, 5) is 0. The van der Waals surface area contributed by atoms with Crippen molar-refractivity contribution in [2.45, 2.75) is 19.3 Å². The summed E-state index contributed by atoms with van der Waals surface area (Å²) in [5.41, 5.74) is 11.4. The Kier molecular flexibility index (Phi) is 4.90. The van der Waals surface area contributed by atoms with Crippen LogP contribution < -0.4 is 0 Å². The minimum absolute atomic E-state index is 0.531. The standard InChI is InChI=1S/C37H28N2/c1-25-9-8-16-36-37(25)32-12-4-7-15-35(32)39(36)29-23-19-27(20-24-29)26-17-21-28(22-18-26)38-33-13-5-2-10-30(33)31-11-3-6-14-34(31)38/h2-8,10-25H,9H2,1H3. The van der Waals surface area contributed by atoms with Crippen molar-refractivity contribution in [3.63, 3.8) is 0 Å². The van der Waals surface area contributed by atoms with Crippen molar-refractivity contribution in [3.8, 4) is 22.5 Å². The second-order valence-corrected chi connectivity index (χ2v) is 10.7. The van der Waals surface area contributed by atoms with Gasteiger partial charge in [-0.05, 0) is 77.6 Å². The van der Waals surface area contributed by atoms with E-state index in [1.807, 2.05) is 0 Å². The lowest BCUT2D eigenvalue weighted by Gasteiger charge is -2.17. The van der Waals surface area contributed by atoms with Crippen LogP contribution >= 0.6 is 0 Å². The third-order valence-corrected chi connectivity index (χ3v) is 8.37. The van der Waals surface area contributed by atoms with Gasteiger partial charge in [0.1, 0.15) is 0 Å². The van der Waals surface area contributed by atoms with Crippen LogP contribution in [-0.4, -0.2) is 9.13 Å². The highest BCUT2D eigenvalue weighted by Gasteiger charge is 2.22. The van der Waals surface area contributed by atoms with Gasteiger partial charge in [-0.25, -0.2) is 0 Å². The smallest absolute Gasteiger partial charge is 0.0541 e. The third kappa shape index (κ3) is 3.35. The quantitative estimate of drug-likeness (QED) is 0.228. The number of allylic oxidation sites excluding steroid dienone is 1. The molecule has 1 aliphatic carbocycles. The predicted octanol–water partition coefficient (Wildman–Crippen LogP) is 9.91. The fraction of sp³-hybridized carbons (Fsp3) is 0.0811. The van der Waals surface area contributed by atoms with Crippen LogP contribution in [0.15, 0.2) is 127 Å². The molecule has 2 heteroatoms. The largest absolute Gasteiger partial charge is 0.310 e. The van der Waals surface area contributed by atoms with E-state index in [1.165, 1.54) is 66.5 Å². The molecule has 39 heavy (non-hydrogen) atoms. The van der Waals surface area contributed by atoms with E-state index in [4.69, 9.17) is 0 Å². The van der Waals surface area contributed by atoms with Crippen molar-refractivity contribution in [2.24, 2.45) is 0 Å². The minimum Gasteiger partial charge on any atom is -0.310 e.